The fourth-order valence-corrected chi connectivity index (χ4v) is 4.28. The van der Waals surface area contributed by atoms with E-state index in [4.69, 9.17) is 14.6 Å². The quantitative estimate of drug-likeness (QED) is 0.500. The van der Waals surface area contributed by atoms with Crippen LogP contribution >= 0.6 is 0 Å². The van der Waals surface area contributed by atoms with Crippen molar-refractivity contribution < 1.29 is 9.47 Å². The van der Waals surface area contributed by atoms with Gasteiger partial charge in [-0.15, -0.1) is 0 Å². The van der Waals surface area contributed by atoms with Crippen LogP contribution in [0.4, 0.5) is 0 Å². The minimum absolute atomic E-state index is 0.486. The molecule has 1 unspecified atom stereocenters. The maximum absolute atomic E-state index is 6.16. The summed E-state index contributed by atoms with van der Waals surface area (Å²) in [6.45, 7) is 5.73. The third kappa shape index (κ3) is 6.00. The van der Waals surface area contributed by atoms with Crippen LogP contribution in [0, 0.1) is 12.8 Å². The monoisotopic (exact) mass is 425 g/mol. The molecule has 1 saturated heterocycles. The van der Waals surface area contributed by atoms with E-state index in [0.717, 1.165) is 42.6 Å². The molecule has 2 N–H and O–H groups in total. The Balaban J connectivity index is 1.29. The SMILES string of the molecule is CN=C(NCc1ccn(C2CCCC2)n1)NCc1ccc(C)cc1OCC1CCOC1. The number of aryl methyl sites for hydroxylation is 1. The molecule has 1 saturated carbocycles. The van der Waals surface area contributed by atoms with Crippen LogP contribution < -0.4 is 15.4 Å². The van der Waals surface area contributed by atoms with Gasteiger partial charge >= 0.3 is 0 Å². The highest BCUT2D eigenvalue weighted by atomic mass is 16.5. The lowest BCUT2D eigenvalue weighted by Crippen LogP contribution is -2.36. The second kappa shape index (κ2) is 10.7. The molecule has 1 aromatic heterocycles. The second-order valence-corrected chi connectivity index (χ2v) is 8.66. The fourth-order valence-electron chi connectivity index (χ4n) is 4.28. The van der Waals surface area contributed by atoms with Crippen molar-refractivity contribution in [1.82, 2.24) is 20.4 Å². The predicted octanol–water partition coefficient (Wildman–Crippen LogP) is 3.59. The van der Waals surface area contributed by atoms with Gasteiger partial charge in [0.05, 0.1) is 31.5 Å². The number of hydrogen-bond acceptors (Lipinski definition) is 4. The van der Waals surface area contributed by atoms with Gasteiger partial charge in [-0.05, 0) is 43.9 Å². The molecule has 1 aromatic carbocycles. The summed E-state index contributed by atoms with van der Waals surface area (Å²) in [6.07, 6.45) is 8.29. The highest BCUT2D eigenvalue weighted by molar-refractivity contribution is 5.79. The highest BCUT2D eigenvalue weighted by Crippen LogP contribution is 2.28. The molecule has 0 spiro atoms. The number of hydrogen-bond donors (Lipinski definition) is 2. The molecule has 2 aromatic rings. The van der Waals surface area contributed by atoms with E-state index in [1.54, 1.807) is 7.05 Å². The summed E-state index contributed by atoms with van der Waals surface area (Å²) in [5.74, 6) is 2.18. The molecule has 168 valence electrons. The maximum Gasteiger partial charge on any atom is 0.191 e. The summed E-state index contributed by atoms with van der Waals surface area (Å²) >= 11 is 0. The van der Waals surface area contributed by atoms with E-state index in [1.807, 2.05) is 0 Å². The van der Waals surface area contributed by atoms with Gasteiger partial charge in [0.15, 0.2) is 5.96 Å². The van der Waals surface area contributed by atoms with Crippen molar-refractivity contribution in [2.24, 2.45) is 10.9 Å². The first kappa shape index (κ1) is 21.7. The maximum atomic E-state index is 6.16. The summed E-state index contributed by atoms with van der Waals surface area (Å²) in [5, 5.41) is 11.5. The van der Waals surface area contributed by atoms with Crippen molar-refractivity contribution >= 4 is 5.96 Å². The Kier molecular flexibility index (Phi) is 7.46. The van der Waals surface area contributed by atoms with Crippen LogP contribution in [0.2, 0.25) is 0 Å². The van der Waals surface area contributed by atoms with E-state index in [-0.39, 0.29) is 0 Å². The first-order valence-electron chi connectivity index (χ1n) is 11.5. The first-order valence-corrected chi connectivity index (χ1v) is 11.5. The van der Waals surface area contributed by atoms with Gasteiger partial charge < -0.3 is 20.1 Å². The van der Waals surface area contributed by atoms with Gasteiger partial charge in [-0.25, -0.2) is 0 Å². The average Bonchev–Trinajstić information content (AvgIpc) is 3.55. The molecule has 7 nitrogen and oxygen atoms in total. The molecular formula is C24H35N5O2. The van der Waals surface area contributed by atoms with Crippen LogP contribution in [0.1, 0.15) is 55.0 Å². The van der Waals surface area contributed by atoms with Crippen LogP contribution in [-0.4, -0.2) is 42.6 Å². The Morgan fingerprint density at radius 3 is 2.81 bits per heavy atom. The van der Waals surface area contributed by atoms with Gasteiger partial charge in [-0.3, -0.25) is 9.67 Å². The van der Waals surface area contributed by atoms with Gasteiger partial charge in [-0.2, -0.15) is 5.10 Å². The summed E-state index contributed by atoms with van der Waals surface area (Å²) in [5.41, 5.74) is 3.35. The lowest BCUT2D eigenvalue weighted by atomic mass is 10.1. The van der Waals surface area contributed by atoms with E-state index in [1.165, 1.54) is 31.2 Å². The third-order valence-corrected chi connectivity index (χ3v) is 6.19. The standard InChI is InChI=1S/C24H35N5O2/c1-18-7-8-20(23(13-18)31-17-19-10-12-30-16-19)14-26-24(25-2)27-15-21-9-11-29(28-21)22-5-3-4-6-22/h7-9,11,13,19,22H,3-6,10,12,14-17H2,1-2H3,(H2,25,26,27). The molecule has 0 amide bonds. The largest absolute Gasteiger partial charge is 0.493 e. The number of nitrogens with one attached hydrogen (secondary N) is 2. The Bertz CT molecular complexity index is 867. The van der Waals surface area contributed by atoms with Crippen LogP contribution in [-0.2, 0) is 17.8 Å². The van der Waals surface area contributed by atoms with Crippen LogP contribution in [0.25, 0.3) is 0 Å². The Morgan fingerprint density at radius 1 is 1.19 bits per heavy atom. The number of ether oxygens (including phenoxy) is 2. The molecule has 2 aliphatic rings. The average molecular weight is 426 g/mol. The Labute approximate surface area is 185 Å². The summed E-state index contributed by atoms with van der Waals surface area (Å²) in [6, 6.07) is 9.02. The molecule has 0 radical (unpaired) electrons. The topological polar surface area (TPSA) is 72.7 Å². The summed E-state index contributed by atoms with van der Waals surface area (Å²) < 4.78 is 13.7. The van der Waals surface area contributed by atoms with Gasteiger partial charge in [-0.1, -0.05) is 25.0 Å². The van der Waals surface area contributed by atoms with E-state index >= 15 is 0 Å². The fraction of sp³-hybridized carbons (Fsp3) is 0.583. The number of aliphatic imine (C=N–C) groups is 1. The van der Waals surface area contributed by atoms with E-state index in [0.29, 0.717) is 31.7 Å². The predicted molar refractivity (Wildman–Crippen MR) is 122 cm³/mol. The van der Waals surface area contributed by atoms with Gasteiger partial charge in [0, 0.05) is 37.9 Å². The molecule has 0 bridgehead atoms. The van der Waals surface area contributed by atoms with Crippen molar-refractivity contribution in [2.45, 2.75) is 58.2 Å². The molecule has 1 aliphatic heterocycles. The number of guanidine groups is 1. The highest BCUT2D eigenvalue weighted by Gasteiger charge is 2.18. The molecule has 2 heterocycles. The number of nitrogens with zero attached hydrogens (tertiary/aromatic N) is 3. The van der Waals surface area contributed by atoms with E-state index in [9.17, 15) is 0 Å². The van der Waals surface area contributed by atoms with E-state index in [2.05, 4.69) is 57.7 Å². The number of aromatic nitrogens is 2. The molecule has 7 heteroatoms. The zero-order valence-electron chi connectivity index (χ0n) is 18.8. The molecule has 4 rings (SSSR count). The Hall–Kier alpha value is -2.54. The lowest BCUT2D eigenvalue weighted by molar-refractivity contribution is 0.166. The number of benzene rings is 1. The minimum Gasteiger partial charge on any atom is -0.493 e. The minimum atomic E-state index is 0.486. The van der Waals surface area contributed by atoms with Crippen LogP contribution in [0.3, 0.4) is 0 Å². The molecule has 1 aliphatic carbocycles. The molecular weight excluding hydrogens is 390 g/mol. The van der Waals surface area contributed by atoms with Crippen LogP contribution in [0.5, 0.6) is 5.75 Å². The molecule has 31 heavy (non-hydrogen) atoms. The smallest absolute Gasteiger partial charge is 0.191 e. The van der Waals surface area contributed by atoms with Crippen molar-refractivity contribution in [3.63, 3.8) is 0 Å². The zero-order valence-corrected chi connectivity index (χ0v) is 18.8. The molecule has 1 atom stereocenters. The summed E-state index contributed by atoms with van der Waals surface area (Å²) in [7, 11) is 1.79. The summed E-state index contributed by atoms with van der Waals surface area (Å²) in [4.78, 5) is 4.36. The van der Waals surface area contributed by atoms with Crippen molar-refractivity contribution in [2.75, 3.05) is 26.9 Å². The lowest BCUT2D eigenvalue weighted by Gasteiger charge is -2.16. The van der Waals surface area contributed by atoms with Gasteiger partial charge in [0.2, 0.25) is 0 Å². The van der Waals surface area contributed by atoms with Crippen LogP contribution in [0.15, 0.2) is 35.5 Å². The van der Waals surface area contributed by atoms with Gasteiger partial charge in [0.1, 0.15) is 5.75 Å². The van der Waals surface area contributed by atoms with Crippen molar-refractivity contribution in [3.05, 3.63) is 47.3 Å². The van der Waals surface area contributed by atoms with E-state index < -0.39 is 0 Å². The Morgan fingerprint density at radius 2 is 2.03 bits per heavy atom. The van der Waals surface area contributed by atoms with Crippen molar-refractivity contribution in [1.29, 1.82) is 0 Å². The first-order chi connectivity index (χ1) is 15.2. The molecule has 2 fully saturated rings. The van der Waals surface area contributed by atoms with Gasteiger partial charge in [0.25, 0.3) is 0 Å². The van der Waals surface area contributed by atoms with Crippen molar-refractivity contribution in [3.8, 4) is 5.75 Å². The normalized spacial score (nSPS) is 19.7. The third-order valence-electron chi connectivity index (χ3n) is 6.19. The number of rotatable bonds is 8. The second-order valence-electron chi connectivity index (χ2n) is 8.66. The zero-order chi connectivity index (χ0) is 21.5.